The molecular weight excluding hydrogens is 411 g/mol. The highest BCUT2D eigenvalue weighted by Gasteiger charge is 2.36. The Hall–Kier alpha value is -2.69. The monoisotopic (exact) mass is 440 g/mol. The summed E-state index contributed by atoms with van der Waals surface area (Å²) in [5, 5.41) is 10.6. The van der Waals surface area contributed by atoms with Crippen LogP contribution in [0.25, 0.3) is 0 Å². The fourth-order valence-corrected chi connectivity index (χ4v) is 4.22. The zero-order valence-corrected chi connectivity index (χ0v) is 20.3. The number of nitrogens with zero attached hydrogens (tertiary/aromatic N) is 2. The van der Waals surface area contributed by atoms with Crippen molar-refractivity contribution in [3.05, 3.63) is 60.2 Å². The molecule has 0 aliphatic carbocycles. The van der Waals surface area contributed by atoms with Crippen molar-refractivity contribution in [1.82, 2.24) is 9.80 Å². The van der Waals surface area contributed by atoms with Crippen molar-refractivity contribution in [1.29, 1.82) is 0 Å². The van der Waals surface area contributed by atoms with E-state index in [0.29, 0.717) is 12.4 Å². The van der Waals surface area contributed by atoms with Crippen LogP contribution in [0.3, 0.4) is 0 Å². The first-order valence-electron chi connectivity index (χ1n) is 10.5. The molecule has 1 aliphatic rings. The number of carboxylic acid groups (broad SMARTS) is 1. The Labute approximate surface area is 191 Å². The predicted molar refractivity (Wildman–Crippen MR) is 120 cm³/mol. The average molecular weight is 440 g/mol. The zero-order valence-electron chi connectivity index (χ0n) is 18.3. The van der Waals surface area contributed by atoms with E-state index in [0.717, 1.165) is 46.0 Å². The molecule has 2 aromatic rings. The Morgan fingerprint density at radius 2 is 1.84 bits per heavy atom. The van der Waals surface area contributed by atoms with Gasteiger partial charge in [-0.05, 0) is 42.2 Å². The number of carboxylic acids is 1. The third-order valence-corrected chi connectivity index (χ3v) is 6.42. The van der Waals surface area contributed by atoms with Gasteiger partial charge in [0.15, 0.2) is 0 Å². The molecule has 1 saturated heterocycles. The number of hydrogen-bond acceptors (Lipinski definition) is 4. The normalized spacial score (nSPS) is 18.0. The summed E-state index contributed by atoms with van der Waals surface area (Å²) in [6.45, 7) is 2.85. The molecule has 1 N–H and O–H groups in total. The minimum atomic E-state index is -1.38. The second kappa shape index (κ2) is 10.1. The number of para-hydroxylation sites is 1. The van der Waals surface area contributed by atoms with E-state index in [1.807, 2.05) is 54.4 Å². The number of hydrogen-bond donors (Lipinski definition) is 1. The summed E-state index contributed by atoms with van der Waals surface area (Å²) in [6.07, 6.45) is 0.993. The lowest BCUT2D eigenvalue weighted by molar-refractivity contribution is -0.153. The van der Waals surface area contributed by atoms with E-state index in [2.05, 4.69) is 0 Å². The van der Waals surface area contributed by atoms with Gasteiger partial charge in [-0.3, -0.25) is 0 Å². The molecule has 8 heteroatoms. The van der Waals surface area contributed by atoms with Gasteiger partial charge in [0.25, 0.3) is 0 Å². The number of likely N-dealkylation sites (N-methyl/N-ethyl adjacent to an activating group) is 1. The summed E-state index contributed by atoms with van der Waals surface area (Å²) in [6, 6.07) is 16.6. The van der Waals surface area contributed by atoms with Crippen LogP contribution in [0.5, 0.6) is 11.5 Å². The van der Waals surface area contributed by atoms with Crippen molar-refractivity contribution in [3.63, 3.8) is 0 Å². The van der Waals surface area contributed by atoms with E-state index in [1.54, 1.807) is 24.0 Å². The van der Waals surface area contributed by atoms with Crippen molar-refractivity contribution in [2.75, 3.05) is 25.6 Å². The largest absolute Gasteiger partial charge is 0.494 e. The van der Waals surface area contributed by atoms with E-state index >= 15 is 0 Å². The molecule has 0 bridgehead atoms. The van der Waals surface area contributed by atoms with E-state index in [4.69, 9.17) is 9.47 Å². The topological polar surface area (TPSA) is 79.3 Å². The molecule has 0 saturated carbocycles. The van der Waals surface area contributed by atoms with Gasteiger partial charge in [-0.2, -0.15) is 0 Å². The summed E-state index contributed by atoms with van der Waals surface area (Å²) in [7, 11) is 1.84. The Bertz CT molecular complexity index is 893. The van der Waals surface area contributed by atoms with E-state index in [1.165, 1.54) is 0 Å². The number of carbonyl (C=O) groups excluding carboxylic acids is 1. The molecular formula is C23H29AlN2O5. The van der Waals surface area contributed by atoms with E-state index in [-0.39, 0.29) is 18.5 Å². The van der Waals surface area contributed by atoms with Gasteiger partial charge in [-0.25, -0.2) is 9.59 Å². The van der Waals surface area contributed by atoms with Crippen molar-refractivity contribution in [3.8, 4) is 11.5 Å². The molecule has 1 heterocycles. The molecule has 1 unspecified atom stereocenters. The summed E-state index contributed by atoms with van der Waals surface area (Å²) in [5.74, 6) is 0.221. The van der Waals surface area contributed by atoms with Crippen LogP contribution in [0.2, 0.25) is 0 Å². The maximum absolute atomic E-state index is 12.1. The first-order valence-corrected chi connectivity index (χ1v) is 11.9. The molecule has 0 aromatic heterocycles. The lowest BCUT2D eigenvalue weighted by Crippen LogP contribution is -2.43. The van der Waals surface area contributed by atoms with Gasteiger partial charge in [-0.15, -0.1) is 0 Å². The van der Waals surface area contributed by atoms with Gasteiger partial charge >= 0.3 is 12.0 Å². The van der Waals surface area contributed by atoms with Crippen LogP contribution < -0.4 is 9.47 Å². The highest BCUT2D eigenvalue weighted by molar-refractivity contribution is 6.10. The molecule has 1 fully saturated rings. The highest BCUT2D eigenvalue weighted by Crippen LogP contribution is 2.24. The van der Waals surface area contributed by atoms with Crippen molar-refractivity contribution >= 4 is 28.3 Å². The van der Waals surface area contributed by atoms with E-state index < -0.39 is 11.6 Å². The Morgan fingerprint density at radius 3 is 2.42 bits per heavy atom. The second-order valence-electron chi connectivity index (χ2n) is 7.99. The molecule has 164 valence electrons. The van der Waals surface area contributed by atoms with Gasteiger partial charge in [0.2, 0.25) is 21.9 Å². The Morgan fingerprint density at radius 1 is 1.16 bits per heavy atom. The third-order valence-electron chi connectivity index (χ3n) is 5.66. The molecule has 0 spiro atoms. The minimum Gasteiger partial charge on any atom is -0.494 e. The average Bonchev–Trinajstić information content (AvgIpc) is 3.03. The molecule has 31 heavy (non-hydrogen) atoms. The van der Waals surface area contributed by atoms with Gasteiger partial charge in [-0.1, -0.05) is 30.3 Å². The fraction of sp³-hybridized carbons (Fsp3) is 0.391. The van der Waals surface area contributed by atoms with Gasteiger partial charge in [0.1, 0.15) is 11.5 Å². The number of urea groups is 1. The molecule has 1 aliphatic heterocycles. The first-order chi connectivity index (χ1) is 14.8. The van der Waals surface area contributed by atoms with Crippen molar-refractivity contribution < 1.29 is 24.2 Å². The lowest BCUT2D eigenvalue weighted by Gasteiger charge is -2.26. The summed E-state index contributed by atoms with van der Waals surface area (Å²) >= 11 is 0.976. The molecule has 3 rings (SSSR count). The number of rotatable bonds is 10. The third kappa shape index (κ3) is 5.72. The first kappa shape index (κ1) is 23.0. The van der Waals surface area contributed by atoms with Gasteiger partial charge in [0.05, 0.1) is 12.6 Å². The van der Waals surface area contributed by atoms with Crippen LogP contribution in [0, 0.1) is 0 Å². The highest BCUT2D eigenvalue weighted by atomic mass is 27.0. The number of aliphatic carboxylic acids is 1. The maximum atomic E-state index is 12.1. The zero-order chi connectivity index (χ0) is 22.4. The van der Waals surface area contributed by atoms with Crippen molar-refractivity contribution in [2.24, 2.45) is 0 Å². The SMILES string of the molecule is CN1C(=O)N([CH2][AlH2])CC1CCOc1ccc(C[C@](C)(Oc2ccccc2)C(=O)O)cc1. The second-order valence-corrected chi connectivity index (χ2v) is 8.63. The number of carbonyl (C=O) groups is 2. The van der Waals surface area contributed by atoms with Crippen LogP contribution in [-0.4, -0.2) is 80.4 Å². The van der Waals surface area contributed by atoms with Gasteiger partial charge < -0.3 is 24.4 Å². The van der Waals surface area contributed by atoms with Crippen LogP contribution in [-0.2, 0) is 11.2 Å². The van der Waals surface area contributed by atoms with E-state index in [9.17, 15) is 14.7 Å². The number of amides is 2. The summed E-state index contributed by atoms with van der Waals surface area (Å²) in [5.41, 5.74) is -0.533. The number of ether oxygens (including phenoxy) is 2. The lowest BCUT2D eigenvalue weighted by atomic mass is 9.96. The van der Waals surface area contributed by atoms with Crippen LogP contribution in [0.4, 0.5) is 4.79 Å². The quantitative estimate of drug-likeness (QED) is 0.574. The summed E-state index contributed by atoms with van der Waals surface area (Å²) in [4.78, 5) is 27.6. The van der Waals surface area contributed by atoms with Crippen molar-refractivity contribution in [2.45, 2.75) is 31.4 Å². The van der Waals surface area contributed by atoms with Crippen LogP contribution in [0.1, 0.15) is 18.9 Å². The van der Waals surface area contributed by atoms with Crippen LogP contribution in [0.15, 0.2) is 54.6 Å². The Balaban J connectivity index is 1.54. The maximum Gasteiger partial charge on any atom is 0.348 e. The smallest absolute Gasteiger partial charge is 0.348 e. The molecule has 2 atom stereocenters. The van der Waals surface area contributed by atoms with Gasteiger partial charge in [0, 0.05) is 26.4 Å². The number of benzene rings is 2. The van der Waals surface area contributed by atoms with Crippen LogP contribution >= 0.6 is 0 Å². The molecule has 2 amide bonds. The molecule has 0 radical (unpaired) electrons. The fourth-order valence-electron chi connectivity index (χ4n) is 3.69. The minimum absolute atomic E-state index is 0.101. The Kier molecular flexibility index (Phi) is 7.47. The molecule has 2 aromatic carbocycles. The molecule has 7 nitrogen and oxygen atoms in total. The summed E-state index contributed by atoms with van der Waals surface area (Å²) < 4.78 is 11.6. The standard InChI is InChI=1S/C23H27N2O5.Al.2H/c1-23(21(26)27,30-20-7-5-4-6-8-20)15-17-9-11-19(12-10-17)29-14-13-18-16-24(2)22(28)25(18)3;;;/h4-12,18H,2,13-16H2,1,3H3,(H,26,27);;;/t18?,23-;;;/m0.../s1. The predicted octanol–water partition coefficient (Wildman–Crippen LogP) is 2.25.